The number of anilines is 1. The van der Waals surface area contributed by atoms with Gasteiger partial charge in [0.05, 0.1) is 18.3 Å². The fourth-order valence-electron chi connectivity index (χ4n) is 2.09. The summed E-state index contributed by atoms with van der Waals surface area (Å²) in [5.74, 6) is -0.317. The van der Waals surface area contributed by atoms with Gasteiger partial charge in [0.15, 0.2) is 5.11 Å². The topological polar surface area (TPSA) is 59.6 Å². The molecule has 1 aliphatic heterocycles. The number of thiocarbonyl (C=S) groups is 1. The Balaban J connectivity index is 1.79. The van der Waals surface area contributed by atoms with Crippen molar-refractivity contribution in [3.8, 4) is 0 Å². The Morgan fingerprint density at radius 2 is 2.19 bits per heavy atom. The van der Waals surface area contributed by atoms with Crippen molar-refractivity contribution in [3.05, 3.63) is 29.8 Å². The molecule has 114 valence electrons. The molecule has 1 aromatic rings. The van der Waals surface area contributed by atoms with Crippen molar-refractivity contribution in [1.29, 1.82) is 0 Å². The normalized spacial score (nSPS) is 17.3. The standard InChI is InChI=1S/C15H20N2O3S/c1-2-19-14(18)11-5-7-12(8-6-11)17-15(21)16-10-13-4-3-9-20-13/h5-8,13H,2-4,9-10H2,1H3,(H2,16,17,21)/t13-/m1/s1. The van der Waals surface area contributed by atoms with Crippen molar-refractivity contribution in [2.24, 2.45) is 0 Å². The number of esters is 1. The summed E-state index contributed by atoms with van der Waals surface area (Å²) in [4.78, 5) is 11.5. The Hall–Kier alpha value is -1.66. The maximum absolute atomic E-state index is 11.5. The van der Waals surface area contributed by atoms with Gasteiger partial charge in [0.25, 0.3) is 0 Å². The van der Waals surface area contributed by atoms with Crippen LogP contribution >= 0.6 is 12.2 Å². The lowest BCUT2D eigenvalue weighted by Crippen LogP contribution is -2.34. The van der Waals surface area contributed by atoms with Crippen molar-refractivity contribution in [2.75, 3.05) is 25.1 Å². The molecule has 0 aliphatic carbocycles. The molecule has 0 unspecified atom stereocenters. The number of rotatable bonds is 5. The van der Waals surface area contributed by atoms with E-state index < -0.39 is 0 Å². The number of hydrogen-bond acceptors (Lipinski definition) is 4. The maximum Gasteiger partial charge on any atom is 0.338 e. The van der Waals surface area contributed by atoms with Gasteiger partial charge in [0.1, 0.15) is 0 Å². The molecule has 0 aromatic heterocycles. The molecule has 5 nitrogen and oxygen atoms in total. The molecule has 0 bridgehead atoms. The quantitative estimate of drug-likeness (QED) is 0.643. The number of benzene rings is 1. The summed E-state index contributed by atoms with van der Waals surface area (Å²) in [7, 11) is 0. The molecule has 1 fully saturated rings. The summed E-state index contributed by atoms with van der Waals surface area (Å²) in [6.07, 6.45) is 2.43. The van der Waals surface area contributed by atoms with Gasteiger partial charge < -0.3 is 20.1 Å². The molecule has 0 amide bonds. The third-order valence-corrected chi connectivity index (χ3v) is 3.41. The molecule has 0 spiro atoms. The molecule has 1 heterocycles. The van der Waals surface area contributed by atoms with E-state index in [1.54, 1.807) is 31.2 Å². The van der Waals surface area contributed by atoms with Gasteiger partial charge >= 0.3 is 5.97 Å². The first kappa shape index (κ1) is 15.7. The van der Waals surface area contributed by atoms with Crippen LogP contribution in [-0.2, 0) is 9.47 Å². The first-order valence-corrected chi connectivity index (χ1v) is 7.53. The molecule has 1 atom stereocenters. The molecular weight excluding hydrogens is 288 g/mol. The first-order valence-electron chi connectivity index (χ1n) is 7.12. The zero-order valence-electron chi connectivity index (χ0n) is 12.1. The van der Waals surface area contributed by atoms with Crippen LogP contribution in [0.2, 0.25) is 0 Å². The lowest BCUT2D eigenvalue weighted by atomic mass is 10.2. The fraction of sp³-hybridized carbons (Fsp3) is 0.467. The largest absolute Gasteiger partial charge is 0.462 e. The van der Waals surface area contributed by atoms with Crippen LogP contribution in [-0.4, -0.2) is 36.9 Å². The van der Waals surface area contributed by atoms with Gasteiger partial charge in [-0.2, -0.15) is 0 Å². The summed E-state index contributed by atoms with van der Waals surface area (Å²) >= 11 is 5.23. The number of carbonyl (C=O) groups excluding carboxylic acids is 1. The minimum absolute atomic E-state index is 0.246. The van der Waals surface area contributed by atoms with Gasteiger partial charge in [-0.15, -0.1) is 0 Å². The van der Waals surface area contributed by atoms with E-state index in [1.807, 2.05) is 0 Å². The van der Waals surface area contributed by atoms with Gasteiger partial charge in [-0.05, 0) is 56.2 Å². The summed E-state index contributed by atoms with van der Waals surface area (Å²) in [6.45, 7) is 3.71. The molecule has 1 aromatic carbocycles. The minimum Gasteiger partial charge on any atom is -0.462 e. The monoisotopic (exact) mass is 308 g/mol. The number of nitrogens with one attached hydrogen (secondary N) is 2. The lowest BCUT2D eigenvalue weighted by Gasteiger charge is -2.14. The highest BCUT2D eigenvalue weighted by Crippen LogP contribution is 2.12. The predicted molar refractivity (Wildman–Crippen MR) is 85.6 cm³/mol. The van der Waals surface area contributed by atoms with Crippen molar-refractivity contribution >= 4 is 29.0 Å². The van der Waals surface area contributed by atoms with Crippen LogP contribution in [0.3, 0.4) is 0 Å². The summed E-state index contributed by atoms with van der Waals surface area (Å²) in [5.41, 5.74) is 1.36. The molecule has 0 saturated carbocycles. The lowest BCUT2D eigenvalue weighted by molar-refractivity contribution is 0.0526. The van der Waals surface area contributed by atoms with Crippen LogP contribution in [0.25, 0.3) is 0 Å². The highest BCUT2D eigenvalue weighted by Gasteiger charge is 2.15. The van der Waals surface area contributed by atoms with E-state index in [0.717, 1.165) is 25.1 Å². The van der Waals surface area contributed by atoms with Crippen LogP contribution in [0.5, 0.6) is 0 Å². The molecule has 2 rings (SSSR count). The fourth-order valence-corrected chi connectivity index (χ4v) is 2.29. The van der Waals surface area contributed by atoms with E-state index in [9.17, 15) is 4.79 Å². The predicted octanol–water partition coefficient (Wildman–Crippen LogP) is 2.33. The molecule has 21 heavy (non-hydrogen) atoms. The van der Waals surface area contributed by atoms with Crippen LogP contribution in [0.4, 0.5) is 5.69 Å². The highest BCUT2D eigenvalue weighted by molar-refractivity contribution is 7.80. The molecule has 6 heteroatoms. The van der Waals surface area contributed by atoms with Crippen molar-refractivity contribution < 1.29 is 14.3 Å². The van der Waals surface area contributed by atoms with E-state index in [4.69, 9.17) is 21.7 Å². The highest BCUT2D eigenvalue weighted by atomic mass is 32.1. The van der Waals surface area contributed by atoms with E-state index in [-0.39, 0.29) is 12.1 Å². The van der Waals surface area contributed by atoms with E-state index in [0.29, 0.717) is 23.8 Å². The second-order valence-corrected chi connectivity index (χ2v) is 5.18. The van der Waals surface area contributed by atoms with E-state index >= 15 is 0 Å². The Morgan fingerprint density at radius 1 is 1.43 bits per heavy atom. The number of hydrogen-bond donors (Lipinski definition) is 2. The van der Waals surface area contributed by atoms with Crippen molar-refractivity contribution in [2.45, 2.75) is 25.9 Å². The van der Waals surface area contributed by atoms with Crippen LogP contribution in [0.1, 0.15) is 30.1 Å². The van der Waals surface area contributed by atoms with Gasteiger partial charge in [-0.1, -0.05) is 0 Å². The van der Waals surface area contributed by atoms with Crippen LogP contribution in [0.15, 0.2) is 24.3 Å². The Labute approximate surface area is 130 Å². The zero-order valence-corrected chi connectivity index (χ0v) is 12.9. The Bertz CT molecular complexity index is 484. The maximum atomic E-state index is 11.5. The molecule has 1 saturated heterocycles. The van der Waals surface area contributed by atoms with Gasteiger partial charge in [-0.25, -0.2) is 4.79 Å². The zero-order chi connectivity index (χ0) is 15.1. The molecule has 1 aliphatic rings. The second-order valence-electron chi connectivity index (χ2n) is 4.77. The molecular formula is C15H20N2O3S. The second kappa shape index (κ2) is 7.95. The Morgan fingerprint density at radius 3 is 2.81 bits per heavy atom. The minimum atomic E-state index is -0.317. The van der Waals surface area contributed by atoms with Gasteiger partial charge in [0, 0.05) is 18.8 Å². The average Bonchev–Trinajstić information content (AvgIpc) is 2.99. The van der Waals surface area contributed by atoms with Crippen molar-refractivity contribution in [3.63, 3.8) is 0 Å². The third kappa shape index (κ3) is 4.99. The smallest absolute Gasteiger partial charge is 0.338 e. The number of carbonyl (C=O) groups is 1. The van der Waals surface area contributed by atoms with E-state index in [2.05, 4.69) is 10.6 Å². The molecule has 2 N–H and O–H groups in total. The van der Waals surface area contributed by atoms with Crippen molar-refractivity contribution in [1.82, 2.24) is 5.32 Å². The van der Waals surface area contributed by atoms with Crippen LogP contribution < -0.4 is 10.6 Å². The number of ether oxygens (including phenoxy) is 2. The average molecular weight is 308 g/mol. The summed E-state index contributed by atoms with van der Waals surface area (Å²) in [6, 6.07) is 7.02. The summed E-state index contributed by atoms with van der Waals surface area (Å²) < 4.78 is 10.5. The summed E-state index contributed by atoms with van der Waals surface area (Å²) in [5, 5.41) is 6.76. The third-order valence-electron chi connectivity index (χ3n) is 3.17. The Kier molecular flexibility index (Phi) is 5.95. The SMILES string of the molecule is CCOC(=O)c1ccc(NC(=S)NC[C@H]2CCCO2)cc1. The first-order chi connectivity index (χ1) is 10.2. The van der Waals surface area contributed by atoms with Gasteiger partial charge in [-0.3, -0.25) is 0 Å². The van der Waals surface area contributed by atoms with E-state index in [1.165, 1.54) is 0 Å². The van der Waals surface area contributed by atoms with Crippen LogP contribution in [0, 0.1) is 0 Å². The molecule has 0 radical (unpaired) electrons. The van der Waals surface area contributed by atoms with Gasteiger partial charge in [0.2, 0.25) is 0 Å².